The van der Waals surface area contributed by atoms with E-state index in [9.17, 15) is 13.2 Å². The van der Waals surface area contributed by atoms with E-state index in [1.165, 1.54) is 12.5 Å². The average molecular weight is 513 g/mol. The summed E-state index contributed by atoms with van der Waals surface area (Å²) in [5.41, 5.74) is -0.263. The van der Waals surface area contributed by atoms with Crippen LogP contribution in [0, 0.1) is 0 Å². The number of unbranched alkanes of at least 4 members (excludes halogenated alkanes) is 2. The molecule has 0 unspecified atom stereocenters. The number of nitrogens with zero attached hydrogens (tertiary/aromatic N) is 3. The molecule has 0 aromatic carbocycles. The Hall–Kier alpha value is -2.22. The van der Waals surface area contributed by atoms with Crippen LogP contribution in [0.25, 0.3) is 12.2 Å². The summed E-state index contributed by atoms with van der Waals surface area (Å²) in [6.07, 6.45) is 9.82. The Kier molecular flexibility index (Phi) is 12.2. The highest BCUT2D eigenvalue weighted by atomic mass is 79.9. The van der Waals surface area contributed by atoms with Gasteiger partial charge in [-0.05, 0) is 45.3 Å². The molecule has 8 heteroatoms. The Morgan fingerprint density at radius 2 is 1.84 bits per heavy atom. The van der Waals surface area contributed by atoms with Crippen LogP contribution in [0.3, 0.4) is 0 Å². The molecule has 1 rings (SSSR count). The van der Waals surface area contributed by atoms with Gasteiger partial charge in [-0.1, -0.05) is 66.9 Å². The molecule has 0 amide bonds. The van der Waals surface area contributed by atoms with Crippen LogP contribution in [-0.4, -0.2) is 28.4 Å². The van der Waals surface area contributed by atoms with Crippen molar-refractivity contribution in [1.82, 2.24) is 9.97 Å². The predicted octanol–water partition coefficient (Wildman–Crippen LogP) is 6.20. The Bertz CT molecular complexity index is 976. The van der Waals surface area contributed by atoms with Crippen LogP contribution >= 0.6 is 15.9 Å². The smallest absolute Gasteiger partial charge is 0.363 e. The number of rotatable bonds is 10. The second-order valence-electron chi connectivity index (χ2n) is 7.12. The third-order valence-corrected chi connectivity index (χ3v) is 5.24. The zero-order valence-corrected chi connectivity index (χ0v) is 20.9. The largest absolute Gasteiger partial charge is 0.433 e. The first-order valence-electron chi connectivity index (χ1n) is 10.8. The normalized spacial score (nSPS) is 16.2. The Morgan fingerprint density at radius 3 is 2.41 bits per heavy atom. The molecule has 1 aromatic rings. The number of halogens is 4. The van der Waals surface area contributed by atoms with Gasteiger partial charge in [-0.15, -0.1) is 0 Å². The molecule has 0 saturated carbocycles. The van der Waals surface area contributed by atoms with Crippen molar-refractivity contribution in [2.75, 3.05) is 5.32 Å². The van der Waals surface area contributed by atoms with Crippen LogP contribution < -0.4 is 15.9 Å². The minimum atomic E-state index is -4.49. The molecule has 0 radical (unpaired) electrons. The molecule has 176 valence electrons. The third kappa shape index (κ3) is 9.10. The molecule has 0 aliphatic carbocycles. The minimum Gasteiger partial charge on any atom is -0.363 e. The molecular weight excluding hydrogens is 481 g/mol. The van der Waals surface area contributed by atoms with Crippen molar-refractivity contribution in [2.45, 2.75) is 72.5 Å². The van der Waals surface area contributed by atoms with E-state index in [2.05, 4.69) is 43.1 Å². The lowest BCUT2D eigenvalue weighted by Crippen LogP contribution is -2.34. The summed E-state index contributed by atoms with van der Waals surface area (Å²) in [6, 6.07) is -0.324. The first-order valence-corrected chi connectivity index (χ1v) is 11.6. The van der Waals surface area contributed by atoms with Crippen LogP contribution in [0.2, 0.25) is 0 Å². The van der Waals surface area contributed by atoms with E-state index in [1.807, 2.05) is 39.0 Å². The molecule has 1 atom stereocenters. The van der Waals surface area contributed by atoms with Crippen molar-refractivity contribution >= 4 is 40.1 Å². The van der Waals surface area contributed by atoms with Gasteiger partial charge < -0.3 is 5.32 Å². The molecule has 1 aromatic heterocycles. The van der Waals surface area contributed by atoms with E-state index in [-0.39, 0.29) is 6.04 Å². The van der Waals surface area contributed by atoms with E-state index >= 15 is 0 Å². The fraction of sp³-hybridized carbons (Fsp3) is 0.458. The fourth-order valence-electron chi connectivity index (χ4n) is 2.72. The van der Waals surface area contributed by atoms with E-state index in [0.717, 1.165) is 34.0 Å². The van der Waals surface area contributed by atoms with Gasteiger partial charge in [-0.3, -0.25) is 4.99 Å². The molecule has 1 heterocycles. The number of hydrogen-bond acceptors (Lipinski definition) is 4. The zero-order valence-electron chi connectivity index (χ0n) is 19.3. The number of anilines is 1. The zero-order chi connectivity index (χ0) is 24.1. The quantitative estimate of drug-likeness (QED) is 0.379. The van der Waals surface area contributed by atoms with E-state index in [4.69, 9.17) is 0 Å². The van der Waals surface area contributed by atoms with Crippen molar-refractivity contribution in [3.05, 3.63) is 50.9 Å². The van der Waals surface area contributed by atoms with Gasteiger partial charge in [0.1, 0.15) is 17.8 Å². The first-order chi connectivity index (χ1) is 15.2. The van der Waals surface area contributed by atoms with Crippen LogP contribution in [0.4, 0.5) is 19.0 Å². The second-order valence-corrected chi connectivity index (χ2v) is 8.04. The van der Waals surface area contributed by atoms with Crippen molar-refractivity contribution in [3.8, 4) is 0 Å². The number of hydrogen-bond donors (Lipinski definition) is 1. The maximum Gasteiger partial charge on any atom is 0.433 e. The lowest BCUT2D eigenvalue weighted by molar-refractivity contribution is -0.0925. The molecule has 4 nitrogen and oxygen atoms in total. The summed E-state index contributed by atoms with van der Waals surface area (Å²) in [5, 5.41) is 4.91. The van der Waals surface area contributed by atoms with E-state index < -0.39 is 11.9 Å². The first kappa shape index (κ1) is 27.8. The second kappa shape index (κ2) is 14.0. The van der Waals surface area contributed by atoms with Gasteiger partial charge in [0.05, 0.1) is 11.4 Å². The highest BCUT2D eigenvalue weighted by Crippen LogP contribution is 2.27. The maximum absolute atomic E-state index is 13.2. The molecular formula is C24H32BrF3N4. The van der Waals surface area contributed by atoms with Crippen molar-refractivity contribution < 1.29 is 13.2 Å². The van der Waals surface area contributed by atoms with Gasteiger partial charge in [0, 0.05) is 15.9 Å². The summed E-state index contributed by atoms with van der Waals surface area (Å²) < 4.78 is 40.6. The molecule has 0 saturated heterocycles. The van der Waals surface area contributed by atoms with Crippen LogP contribution in [-0.2, 0) is 0 Å². The van der Waals surface area contributed by atoms with Crippen LogP contribution in [0.1, 0.15) is 60.3 Å². The maximum atomic E-state index is 13.2. The summed E-state index contributed by atoms with van der Waals surface area (Å²) >= 11 is 3.50. The fourth-order valence-corrected chi connectivity index (χ4v) is 2.95. The summed E-state index contributed by atoms with van der Waals surface area (Å²) in [7, 11) is 0. The number of alkyl halides is 3. The van der Waals surface area contributed by atoms with E-state index in [0.29, 0.717) is 24.2 Å². The topological polar surface area (TPSA) is 50.2 Å². The monoisotopic (exact) mass is 512 g/mol. The van der Waals surface area contributed by atoms with Gasteiger partial charge in [0.15, 0.2) is 0 Å². The minimum absolute atomic E-state index is 0.322. The van der Waals surface area contributed by atoms with Gasteiger partial charge in [-0.2, -0.15) is 13.2 Å². The third-order valence-electron chi connectivity index (χ3n) is 4.56. The van der Waals surface area contributed by atoms with Crippen molar-refractivity contribution in [3.63, 3.8) is 0 Å². The number of aliphatic imine (C=N–C) groups is 1. The summed E-state index contributed by atoms with van der Waals surface area (Å²) in [5.74, 6) is 0.596. The van der Waals surface area contributed by atoms with Crippen molar-refractivity contribution in [1.29, 1.82) is 0 Å². The molecule has 1 N–H and O–H groups in total. The number of aromatic nitrogens is 2. The molecule has 0 aliphatic heterocycles. The van der Waals surface area contributed by atoms with Gasteiger partial charge >= 0.3 is 6.18 Å². The predicted molar refractivity (Wildman–Crippen MR) is 132 cm³/mol. The van der Waals surface area contributed by atoms with E-state index in [1.54, 1.807) is 13.0 Å². The number of nitrogens with one attached hydrogen (secondary N) is 1. The average Bonchev–Trinajstić information content (AvgIpc) is 2.75. The van der Waals surface area contributed by atoms with Gasteiger partial charge in [0.2, 0.25) is 0 Å². The Morgan fingerprint density at radius 1 is 1.16 bits per heavy atom. The highest BCUT2D eigenvalue weighted by molar-refractivity contribution is 9.12. The standard InChI is InChI=1S/C24H32BrF3N4/c1-6-10-12-21-20(14-19(25)9-4)23(31-16-30-21)32-17(5)18(8-3)15-29-22(13-11-7-2)24(26,27)28/h8-9,12-17H,6-7,10-11H2,1-5H3,(H,30,31,32)/b18-8+,19-9+,20-14+,21-12-,22-13+,29-15+/t17-/m1/s1. The van der Waals surface area contributed by atoms with Crippen LogP contribution in [0.5, 0.6) is 0 Å². The van der Waals surface area contributed by atoms with Crippen LogP contribution in [0.15, 0.2) is 45.3 Å². The molecule has 0 bridgehead atoms. The molecule has 0 aliphatic rings. The molecule has 0 fully saturated rings. The Labute approximate surface area is 197 Å². The summed E-state index contributed by atoms with van der Waals surface area (Å²) in [4.78, 5) is 12.5. The SMILES string of the molecule is C\C=C(/C=N/C(=C/CCC)C(F)(F)F)[C@@H](C)Nc1ncnc(=C\CCC)/c1=C\C(Br)=C/C. The molecule has 32 heavy (non-hydrogen) atoms. The van der Waals surface area contributed by atoms with Crippen molar-refractivity contribution in [2.24, 2.45) is 4.99 Å². The number of allylic oxidation sites excluding steroid dienone is 5. The lowest BCUT2D eigenvalue weighted by Gasteiger charge is -2.16. The highest BCUT2D eigenvalue weighted by Gasteiger charge is 2.33. The summed E-state index contributed by atoms with van der Waals surface area (Å²) in [6.45, 7) is 9.45. The lowest BCUT2D eigenvalue weighted by atomic mass is 10.1. The Balaban J connectivity index is 3.33. The van der Waals surface area contributed by atoms with Gasteiger partial charge in [-0.25, -0.2) is 9.97 Å². The molecule has 0 spiro atoms. The van der Waals surface area contributed by atoms with Gasteiger partial charge in [0.25, 0.3) is 0 Å².